The second-order valence-electron chi connectivity index (χ2n) is 3.72. The third-order valence-corrected chi connectivity index (χ3v) is 2.41. The summed E-state index contributed by atoms with van der Waals surface area (Å²) in [6.07, 6.45) is 0. The van der Waals surface area contributed by atoms with Gasteiger partial charge in [0.1, 0.15) is 11.9 Å². The van der Waals surface area contributed by atoms with E-state index in [4.69, 9.17) is 12.2 Å². The Morgan fingerprint density at radius 2 is 2.00 bits per heavy atom. The number of benzene rings is 1. The van der Waals surface area contributed by atoms with Gasteiger partial charge in [0, 0.05) is 12.2 Å². The molecule has 3 N–H and O–H groups in total. The zero-order valence-corrected chi connectivity index (χ0v) is 11.1. The highest BCUT2D eigenvalue weighted by atomic mass is 32.1. The molecular weight excluding hydrogens is 253 g/mol. The quantitative estimate of drug-likeness (QED) is 0.727. The number of rotatable bonds is 4. The monoisotopic (exact) mass is 269 g/mol. The zero-order chi connectivity index (χ0) is 13.5. The number of likely N-dealkylation sites (N-methyl/N-ethyl adjacent to an activating group) is 1. The summed E-state index contributed by atoms with van der Waals surface area (Å²) >= 11 is 5.05. The second-order valence-corrected chi connectivity index (χ2v) is 4.13. The Bertz CT molecular complexity index is 422. The molecule has 0 aliphatic rings. The van der Waals surface area contributed by atoms with E-state index in [9.17, 15) is 9.18 Å². The van der Waals surface area contributed by atoms with Gasteiger partial charge >= 0.3 is 0 Å². The third-order valence-electron chi connectivity index (χ3n) is 2.19. The number of nitrogens with one attached hydrogen (secondary N) is 3. The normalized spacial score (nSPS) is 11.5. The van der Waals surface area contributed by atoms with Crippen LogP contribution in [0, 0.1) is 5.82 Å². The van der Waals surface area contributed by atoms with E-state index in [0.717, 1.165) is 0 Å². The van der Waals surface area contributed by atoms with E-state index in [1.54, 1.807) is 19.1 Å². The average Bonchev–Trinajstić information content (AvgIpc) is 2.32. The number of thiocarbonyl (C=S) groups is 1. The van der Waals surface area contributed by atoms with Gasteiger partial charge in [-0.1, -0.05) is 0 Å². The molecule has 1 rings (SSSR count). The van der Waals surface area contributed by atoms with Gasteiger partial charge in [-0.2, -0.15) is 0 Å². The summed E-state index contributed by atoms with van der Waals surface area (Å²) < 4.78 is 12.7. The predicted molar refractivity (Wildman–Crippen MR) is 73.9 cm³/mol. The number of anilines is 1. The SMILES string of the molecule is CCNC(=O)[C@@H](C)NC(=S)Nc1ccc(F)cc1. The van der Waals surface area contributed by atoms with Gasteiger partial charge in [0.15, 0.2) is 5.11 Å². The fourth-order valence-corrected chi connectivity index (χ4v) is 1.58. The lowest BCUT2D eigenvalue weighted by molar-refractivity contribution is -0.122. The van der Waals surface area contributed by atoms with E-state index < -0.39 is 6.04 Å². The number of amides is 1. The van der Waals surface area contributed by atoms with Gasteiger partial charge in [-0.05, 0) is 50.3 Å². The maximum absolute atomic E-state index is 12.7. The summed E-state index contributed by atoms with van der Waals surface area (Å²) in [5.74, 6) is -0.434. The van der Waals surface area contributed by atoms with Crippen molar-refractivity contribution in [1.82, 2.24) is 10.6 Å². The Balaban J connectivity index is 2.46. The molecule has 1 aromatic carbocycles. The highest BCUT2D eigenvalue weighted by Crippen LogP contribution is 2.07. The van der Waals surface area contributed by atoms with Crippen LogP contribution in [0.25, 0.3) is 0 Å². The van der Waals surface area contributed by atoms with Crippen LogP contribution in [0.15, 0.2) is 24.3 Å². The van der Waals surface area contributed by atoms with Gasteiger partial charge < -0.3 is 16.0 Å². The molecule has 0 radical (unpaired) electrons. The first-order chi connectivity index (χ1) is 8.52. The molecule has 0 aliphatic heterocycles. The van der Waals surface area contributed by atoms with E-state index in [2.05, 4.69) is 16.0 Å². The number of carbonyl (C=O) groups excluding carboxylic acids is 1. The van der Waals surface area contributed by atoms with Crippen LogP contribution >= 0.6 is 12.2 Å². The van der Waals surface area contributed by atoms with Crippen LogP contribution in [0.4, 0.5) is 10.1 Å². The first-order valence-electron chi connectivity index (χ1n) is 5.63. The highest BCUT2D eigenvalue weighted by Gasteiger charge is 2.12. The van der Waals surface area contributed by atoms with Crippen molar-refractivity contribution in [3.8, 4) is 0 Å². The average molecular weight is 269 g/mol. The van der Waals surface area contributed by atoms with Crippen molar-refractivity contribution in [1.29, 1.82) is 0 Å². The molecule has 0 unspecified atom stereocenters. The van der Waals surface area contributed by atoms with Crippen molar-refractivity contribution < 1.29 is 9.18 Å². The van der Waals surface area contributed by atoms with E-state index >= 15 is 0 Å². The Morgan fingerprint density at radius 1 is 1.39 bits per heavy atom. The minimum absolute atomic E-state index is 0.124. The van der Waals surface area contributed by atoms with Crippen molar-refractivity contribution >= 4 is 28.9 Å². The largest absolute Gasteiger partial charge is 0.355 e. The molecule has 1 aromatic rings. The van der Waals surface area contributed by atoms with Gasteiger partial charge in [0.25, 0.3) is 0 Å². The summed E-state index contributed by atoms with van der Waals surface area (Å²) in [5, 5.41) is 8.72. The molecule has 6 heteroatoms. The van der Waals surface area contributed by atoms with Crippen LogP contribution in [0.5, 0.6) is 0 Å². The molecule has 0 bridgehead atoms. The van der Waals surface area contributed by atoms with Crippen LogP contribution in [0.2, 0.25) is 0 Å². The Labute approximate surface area is 111 Å². The molecule has 0 spiro atoms. The smallest absolute Gasteiger partial charge is 0.242 e. The van der Waals surface area contributed by atoms with Gasteiger partial charge in [-0.15, -0.1) is 0 Å². The molecule has 0 fully saturated rings. The lowest BCUT2D eigenvalue weighted by atomic mass is 10.3. The summed E-state index contributed by atoms with van der Waals surface area (Å²) in [5.41, 5.74) is 0.664. The van der Waals surface area contributed by atoms with E-state index in [-0.39, 0.29) is 11.7 Å². The Hall–Kier alpha value is -1.69. The highest BCUT2D eigenvalue weighted by molar-refractivity contribution is 7.80. The molecule has 1 amide bonds. The molecule has 0 saturated carbocycles. The van der Waals surface area contributed by atoms with E-state index in [0.29, 0.717) is 17.3 Å². The fraction of sp³-hybridized carbons (Fsp3) is 0.333. The number of hydrogen-bond donors (Lipinski definition) is 3. The van der Waals surface area contributed by atoms with Gasteiger partial charge in [-0.3, -0.25) is 4.79 Å². The van der Waals surface area contributed by atoms with E-state index in [1.807, 2.05) is 6.92 Å². The molecule has 98 valence electrons. The molecule has 18 heavy (non-hydrogen) atoms. The predicted octanol–water partition coefficient (Wildman–Crippen LogP) is 1.64. The maximum atomic E-state index is 12.7. The molecule has 1 atom stereocenters. The van der Waals surface area contributed by atoms with Gasteiger partial charge in [-0.25, -0.2) is 4.39 Å². The third kappa shape index (κ3) is 4.67. The van der Waals surface area contributed by atoms with Crippen molar-refractivity contribution in [3.05, 3.63) is 30.1 Å². The summed E-state index contributed by atoms with van der Waals surface area (Å²) in [7, 11) is 0. The molecule has 0 aromatic heterocycles. The maximum Gasteiger partial charge on any atom is 0.242 e. The summed E-state index contributed by atoms with van der Waals surface area (Å²) in [6.45, 7) is 4.13. The van der Waals surface area contributed by atoms with Crippen LogP contribution in [0.1, 0.15) is 13.8 Å². The van der Waals surface area contributed by atoms with Crippen molar-refractivity contribution in [2.24, 2.45) is 0 Å². The van der Waals surface area contributed by atoms with Gasteiger partial charge in [0.05, 0.1) is 0 Å². The number of hydrogen-bond acceptors (Lipinski definition) is 2. The first kappa shape index (κ1) is 14.4. The fourth-order valence-electron chi connectivity index (χ4n) is 1.29. The van der Waals surface area contributed by atoms with Gasteiger partial charge in [0.2, 0.25) is 5.91 Å². The molecule has 0 aliphatic carbocycles. The summed E-state index contributed by atoms with van der Waals surface area (Å²) in [4.78, 5) is 11.5. The van der Waals surface area contributed by atoms with Crippen molar-refractivity contribution in [2.45, 2.75) is 19.9 Å². The first-order valence-corrected chi connectivity index (χ1v) is 6.04. The zero-order valence-electron chi connectivity index (χ0n) is 10.3. The van der Waals surface area contributed by atoms with E-state index in [1.165, 1.54) is 12.1 Å². The molecular formula is C12H16FN3OS. The second kappa shape index (κ2) is 6.90. The lowest BCUT2D eigenvalue weighted by Gasteiger charge is -2.16. The standard InChI is InChI=1S/C12H16FN3OS/c1-3-14-11(17)8(2)15-12(18)16-10-6-4-9(13)5-7-10/h4-8H,3H2,1-2H3,(H,14,17)(H2,15,16,18)/t8-/m1/s1. The lowest BCUT2D eigenvalue weighted by Crippen LogP contribution is -2.46. The molecule has 0 saturated heterocycles. The minimum atomic E-state index is -0.426. The summed E-state index contributed by atoms with van der Waals surface area (Å²) in [6, 6.07) is 5.38. The van der Waals surface area contributed by atoms with Crippen molar-refractivity contribution in [2.75, 3.05) is 11.9 Å². The topological polar surface area (TPSA) is 53.2 Å². The van der Waals surface area contributed by atoms with Crippen LogP contribution in [-0.4, -0.2) is 23.6 Å². The van der Waals surface area contributed by atoms with Crippen molar-refractivity contribution in [3.63, 3.8) is 0 Å². The number of carbonyl (C=O) groups is 1. The molecule has 4 nitrogen and oxygen atoms in total. The Kier molecular flexibility index (Phi) is 5.51. The molecule has 0 heterocycles. The Morgan fingerprint density at radius 3 is 2.56 bits per heavy atom. The number of halogens is 1. The van der Waals surface area contributed by atoms with Crippen LogP contribution in [-0.2, 0) is 4.79 Å². The minimum Gasteiger partial charge on any atom is -0.355 e. The van der Waals surface area contributed by atoms with Crippen LogP contribution < -0.4 is 16.0 Å². The van der Waals surface area contributed by atoms with Crippen LogP contribution in [0.3, 0.4) is 0 Å².